The largest absolute Gasteiger partial charge is 0.493 e. The number of aliphatic imine (C=N–C) groups is 1. The Morgan fingerprint density at radius 1 is 1.18 bits per heavy atom. The number of hydrogen-bond acceptors (Lipinski definition) is 8. The number of fused-ring (bicyclic) bond motifs is 1. The maximum Gasteiger partial charge on any atom is 0.401 e. The molecule has 208 valence electrons. The number of nitrogens with one attached hydrogen (secondary N) is 1. The monoisotopic (exact) mass is 557 g/mol. The fraction of sp³-hybridized carbons (Fsp3) is 0.296. The van der Waals surface area contributed by atoms with Crippen LogP contribution in [0, 0.1) is 5.82 Å². The van der Waals surface area contributed by atoms with Crippen LogP contribution in [-0.4, -0.2) is 54.2 Å². The molecule has 0 atom stereocenters. The molecular weight excluding hydrogens is 534 g/mol. The van der Waals surface area contributed by atoms with Crippen LogP contribution in [0.4, 0.5) is 23.4 Å². The van der Waals surface area contributed by atoms with Crippen LogP contribution in [0.5, 0.6) is 11.5 Å². The summed E-state index contributed by atoms with van der Waals surface area (Å²) in [4.78, 5) is 25.3. The smallest absolute Gasteiger partial charge is 0.401 e. The number of aromatic nitrogens is 3. The zero-order chi connectivity index (χ0) is 28.5. The first-order chi connectivity index (χ1) is 19.1. The highest BCUT2D eigenvalue weighted by molar-refractivity contribution is 5.91. The molecule has 9 nitrogen and oxygen atoms in total. The minimum atomic E-state index is -4.47. The van der Waals surface area contributed by atoms with Gasteiger partial charge in [-0.15, -0.1) is 0 Å². The van der Waals surface area contributed by atoms with Crippen molar-refractivity contribution in [1.29, 1.82) is 0 Å². The topological polar surface area (TPSA) is 112 Å². The van der Waals surface area contributed by atoms with Gasteiger partial charge in [-0.05, 0) is 24.5 Å². The number of alkyl halides is 3. The Bertz CT molecular complexity index is 1600. The van der Waals surface area contributed by atoms with Gasteiger partial charge >= 0.3 is 6.18 Å². The van der Waals surface area contributed by atoms with E-state index in [1.54, 1.807) is 31.5 Å². The molecule has 2 aromatic carbocycles. The number of hydrogen-bond donors (Lipinski definition) is 1. The van der Waals surface area contributed by atoms with Crippen molar-refractivity contribution < 1.29 is 36.4 Å². The summed E-state index contributed by atoms with van der Waals surface area (Å²) in [6.45, 7) is 0.256. The van der Waals surface area contributed by atoms with Gasteiger partial charge in [-0.2, -0.15) is 13.2 Å². The van der Waals surface area contributed by atoms with Crippen LogP contribution in [0.3, 0.4) is 0 Å². The maximum atomic E-state index is 14.9. The van der Waals surface area contributed by atoms with Crippen molar-refractivity contribution in [2.45, 2.75) is 30.9 Å². The summed E-state index contributed by atoms with van der Waals surface area (Å²) in [5.74, 6) is -0.926. The van der Waals surface area contributed by atoms with E-state index in [1.807, 2.05) is 0 Å². The third kappa shape index (κ3) is 5.31. The average Bonchev–Trinajstić information content (AvgIpc) is 3.63. The molecule has 1 amide bonds. The van der Waals surface area contributed by atoms with E-state index >= 15 is 0 Å². The Hall–Kier alpha value is -4.55. The molecule has 0 spiro atoms. The van der Waals surface area contributed by atoms with Gasteiger partial charge in [0.05, 0.1) is 36.5 Å². The Morgan fingerprint density at radius 3 is 2.62 bits per heavy atom. The number of carbonyl (C=O) groups is 1. The minimum absolute atomic E-state index is 0.0757. The van der Waals surface area contributed by atoms with Crippen molar-refractivity contribution in [2.75, 3.05) is 26.1 Å². The van der Waals surface area contributed by atoms with Gasteiger partial charge in [-0.1, -0.05) is 17.3 Å². The normalized spacial score (nSPS) is 14.4. The highest BCUT2D eigenvalue weighted by Crippen LogP contribution is 2.59. The minimum Gasteiger partial charge on any atom is -0.493 e. The zero-order valence-electron chi connectivity index (χ0n) is 21.4. The average molecular weight is 558 g/mol. The van der Waals surface area contributed by atoms with Crippen molar-refractivity contribution in [1.82, 2.24) is 15.1 Å². The van der Waals surface area contributed by atoms with Gasteiger partial charge in [-0.25, -0.2) is 9.37 Å². The van der Waals surface area contributed by atoms with Crippen LogP contribution in [0.2, 0.25) is 0 Å². The number of nitrogens with zero attached hydrogens (tertiary/aromatic N) is 4. The first-order valence-electron chi connectivity index (χ1n) is 12.1. The van der Waals surface area contributed by atoms with E-state index in [0.717, 1.165) is 6.07 Å². The molecule has 0 unspecified atom stereocenters. The summed E-state index contributed by atoms with van der Waals surface area (Å²) in [5.41, 5.74) is -0.114. The quantitative estimate of drug-likeness (QED) is 0.220. The SMILES string of the molecule is CN=CCOc1cc2ncc(-c3ccc(CC(=O)Nc4cc(C5(C(F)(F)F)CC5)on4)c(F)c3)nc2cc1OC. The van der Waals surface area contributed by atoms with E-state index in [2.05, 4.69) is 25.4 Å². The number of halogens is 4. The van der Waals surface area contributed by atoms with Crippen LogP contribution in [0.15, 0.2) is 52.1 Å². The van der Waals surface area contributed by atoms with Crippen LogP contribution in [0.1, 0.15) is 24.2 Å². The van der Waals surface area contributed by atoms with E-state index in [4.69, 9.17) is 14.0 Å². The molecule has 5 rings (SSSR count). The molecule has 1 aliphatic carbocycles. The highest BCUT2D eigenvalue weighted by atomic mass is 19.4. The van der Waals surface area contributed by atoms with Gasteiger partial charge in [0.15, 0.2) is 23.1 Å². The van der Waals surface area contributed by atoms with Crippen molar-refractivity contribution in [2.24, 2.45) is 4.99 Å². The number of ether oxygens (including phenoxy) is 2. The summed E-state index contributed by atoms with van der Waals surface area (Å²) in [7, 11) is 3.14. The Labute approximate surface area is 225 Å². The molecule has 1 saturated carbocycles. The predicted molar refractivity (Wildman–Crippen MR) is 137 cm³/mol. The highest BCUT2D eigenvalue weighted by Gasteiger charge is 2.66. The van der Waals surface area contributed by atoms with Crippen LogP contribution >= 0.6 is 0 Å². The van der Waals surface area contributed by atoms with Gasteiger partial charge in [0, 0.05) is 37.0 Å². The molecule has 4 aromatic rings. The standard InChI is InChI=1S/C27H23F4N5O4/c1-32-7-8-39-22-11-18-19(12-21(22)38-2)34-20(14-33-18)16-4-3-15(17(28)9-16)10-25(37)35-24-13-23(40-36-24)26(5-6-26)27(29,30)31/h3-4,7,9,11-14H,5-6,8,10H2,1-2H3,(H,35,36,37). The fourth-order valence-corrected chi connectivity index (χ4v) is 4.20. The third-order valence-corrected chi connectivity index (χ3v) is 6.57. The lowest BCUT2D eigenvalue weighted by atomic mass is 10.0. The molecule has 0 aliphatic heterocycles. The van der Waals surface area contributed by atoms with Gasteiger partial charge in [0.25, 0.3) is 0 Å². The molecule has 1 fully saturated rings. The number of anilines is 1. The first kappa shape index (κ1) is 27.0. The van der Waals surface area contributed by atoms with E-state index < -0.39 is 23.3 Å². The molecule has 1 N–H and O–H groups in total. The van der Waals surface area contributed by atoms with Crippen molar-refractivity contribution in [3.05, 3.63) is 59.7 Å². The molecule has 2 heterocycles. The van der Waals surface area contributed by atoms with Crippen LogP contribution in [-0.2, 0) is 16.6 Å². The van der Waals surface area contributed by atoms with E-state index in [1.165, 1.54) is 25.4 Å². The molecular formula is C27H23F4N5O4. The van der Waals surface area contributed by atoms with Crippen LogP contribution < -0.4 is 14.8 Å². The lowest BCUT2D eigenvalue weighted by Gasteiger charge is -2.14. The second-order valence-corrected chi connectivity index (χ2v) is 9.19. The molecule has 0 saturated heterocycles. The number of amides is 1. The third-order valence-electron chi connectivity index (χ3n) is 6.57. The molecule has 0 bridgehead atoms. The van der Waals surface area contributed by atoms with Crippen LogP contribution in [0.25, 0.3) is 22.3 Å². The second-order valence-electron chi connectivity index (χ2n) is 9.19. The molecule has 13 heteroatoms. The number of rotatable bonds is 9. The first-order valence-corrected chi connectivity index (χ1v) is 12.1. The van der Waals surface area contributed by atoms with E-state index in [-0.39, 0.29) is 43.0 Å². The zero-order valence-corrected chi connectivity index (χ0v) is 21.4. The number of benzene rings is 2. The Kier molecular flexibility index (Phi) is 7.13. The number of carbonyl (C=O) groups excluding carboxylic acids is 1. The van der Waals surface area contributed by atoms with Crippen molar-refractivity contribution in [3.8, 4) is 22.8 Å². The lowest BCUT2D eigenvalue weighted by molar-refractivity contribution is -0.165. The fourth-order valence-electron chi connectivity index (χ4n) is 4.20. The summed E-state index contributed by atoms with van der Waals surface area (Å²) in [6.07, 6.45) is -1.95. The Morgan fingerprint density at radius 2 is 1.95 bits per heavy atom. The van der Waals surface area contributed by atoms with Gasteiger partial charge in [0.2, 0.25) is 5.91 Å². The van der Waals surface area contributed by atoms with Crippen molar-refractivity contribution in [3.63, 3.8) is 0 Å². The molecule has 2 aromatic heterocycles. The summed E-state index contributed by atoms with van der Waals surface area (Å²) in [6, 6.07) is 8.65. The lowest BCUT2D eigenvalue weighted by Crippen LogP contribution is -2.28. The molecule has 0 radical (unpaired) electrons. The van der Waals surface area contributed by atoms with E-state index in [9.17, 15) is 22.4 Å². The molecule has 40 heavy (non-hydrogen) atoms. The Balaban J connectivity index is 1.29. The second kappa shape index (κ2) is 10.5. The summed E-state index contributed by atoms with van der Waals surface area (Å²) in [5, 5.41) is 5.87. The van der Waals surface area contributed by atoms with Crippen molar-refractivity contribution >= 4 is 29.0 Å². The maximum absolute atomic E-state index is 14.9. The molecule has 1 aliphatic rings. The van der Waals surface area contributed by atoms with Gasteiger partial charge in [0.1, 0.15) is 17.8 Å². The number of methoxy groups -OCH3 is 1. The predicted octanol–water partition coefficient (Wildman–Crippen LogP) is 5.29. The summed E-state index contributed by atoms with van der Waals surface area (Å²) < 4.78 is 70.6. The van der Waals surface area contributed by atoms with Gasteiger partial charge in [-0.3, -0.25) is 14.8 Å². The summed E-state index contributed by atoms with van der Waals surface area (Å²) >= 11 is 0. The van der Waals surface area contributed by atoms with E-state index in [0.29, 0.717) is 33.8 Å². The van der Waals surface area contributed by atoms with Gasteiger partial charge < -0.3 is 19.3 Å².